The molecule has 0 saturated carbocycles. The van der Waals surface area contributed by atoms with Crippen molar-refractivity contribution in [1.29, 1.82) is 0 Å². The van der Waals surface area contributed by atoms with Gasteiger partial charge in [-0.25, -0.2) is 71.4 Å². The predicted molar refractivity (Wildman–Crippen MR) is 551 cm³/mol. The Morgan fingerprint density at radius 2 is 0.638 bits per heavy atom. The van der Waals surface area contributed by atoms with Crippen molar-refractivity contribution in [3.05, 3.63) is 375 Å². The van der Waals surface area contributed by atoms with Crippen LogP contribution in [0.25, 0.3) is 0 Å². The molecule has 0 fully saturated rings. The second kappa shape index (κ2) is 44.4. The van der Waals surface area contributed by atoms with Crippen LogP contribution >= 0.6 is 31.9 Å². The van der Waals surface area contributed by atoms with Crippen LogP contribution in [0.1, 0.15) is 189 Å². The molecule has 18 N–H and O–H groups in total. The lowest BCUT2D eigenvalue weighted by molar-refractivity contribution is 0.0624. The zero-order valence-electron chi connectivity index (χ0n) is 82.5. The van der Waals surface area contributed by atoms with E-state index in [1.807, 2.05) is 0 Å². The van der Waals surface area contributed by atoms with Crippen LogP contribution in [0.2, 0.25) is 0 Å². The number of hydrogen-bond donors (Lipinski definition) is 14. The minimum Gasteiger partial charge on any atom is -0.444 e. The molecule has 0 bridgehead atoms. The summed E-state index contributed by atoms with van der Waals surface area (Å²) in [6, 6.07) is 42.5. The molecule has 772 valence electrons. The van der Waals surface area contributed by atoms with Crippen molar-refractivity contribution in [2.24, 2.45) is 5.73 Å². The maximum atomic E-state index is 14.0. The highest BCUT2D eigenvalue weighted by Crippen LogP contribution is 2.38. The van der Waals surface area contributed by atoms with Gasteiger partial charge in [-0.2, -0.15) is 0 Å². The van der Waals surface area contributed by atoms with Gasteiger partial charge >= 0.3 is 12.2 Å². The van der Waals surface area contributed by atoms with Crippen LogP contribution in [0.4, 0.5) is 95.1 Å². The van der Waals surface area contributed by atoms with Crippen LogP contribution in [0.15, 0.2) is 234 Å². The van der Waals surface area contributed by atoms with E-state index in [-0.39, 0.29) is 97.6 Å². The normalized spacial score (nSPS) is 16.1. The maximum Gasteiger partial charge on any atom is 0.413 e. The Balaban J connectivity index is 0.000000160. The van der Waals surface area contributed by atoms with Crippen LogP contribution in [0.3, 0.4) is 0 Å². The number of nitrogens with two attached hydrogens (primary N) is 4. The van der Waals surface area contributed by atoms with Gasteiger partial charge < -0.3 is 74.6 Å². The minimum atomic E-state index is -1.30. The number of Topliss-reactive ketones (excluding diaryl/α,β-unsaturated/α-hetero) is 1. The average Bonchev–Trinajstić information content (AvgIpc) is 1.57. The molecule has 4 unspecified atom stereocenters. The van der Waals surface area contributed by atoms with Crippen LogP contribution in [-0.4, -0.2) is 122 Å². The van der Waals surface area contributed by atoms with E-state index >= 15 is 0 Å². The lowest BCUT2D eigenvalue weighted by Crippen LogP contribution is -2.46. The van der Waals surface area contributed by atoms with Gasteiger partial charge in [0.1, 0.15) is 180 Å². The van der Waals surface area contributed by atoms with E-state index < -0.39 is 110 Å². The number of carbonyl (C=O) groups is 8. The number of amides is 7. The number of fused-ring (bicyclic) bond motifs is 4. The number of ether oxygens (including phenoxy) is 2. The van der Waals surface area contributed by atoms with Crippen molar-refractivity contribution in [2.45, 2.75) is 145 Å². The summed E-state index contributed by atoms with van der Waals surface area (Å²) >= 11 is 6.25. The summed E-state index contributed by atoms with van der Waals surface area (Å²) in [5, 5.41) is 24.9. The van der Waals surface area contributed by atoms with Gasteiger partial charge in [0.15, 0.2) is 5.78 Å². The number of halogens is 7. The molecule has 4 aliphatic rings. The van der Waals surface area contributed by atoms with Crippen LogP contribution in [0.5, 0.6) is 0 Å². The number of nitrogens with zero attached hydrogens (tertiary/aromatic N) is 12. The van der Waals surface area contributed by atoms with Gasteiger partial charge in [0, 0.05) is 52.1 Å². The molecule has 14 aromatic rings. The summed E-state index contributed by atoms with van der Waals surface area (Å²) in [6.45, 7) is 27.2. The number of nitrogen functional groups attached to an aromatic ring is 3. The number of ketones is 1. The first-order valence-corrected chi connectivity index (χ1v) is 46.4. The standard InChI is InChI=1S/C24H25FN6O4.2C19H17FN6O2.C15H12BrFN2O2.C9H14N4O2.C8H7FO.C7H7BrN2O2/c1-13-9-16(28-17-11-18(27-12-26-17)29-22(34)35-23(2,3)4)21(33)31-19(13)20(32)30-24(31,5)14-7-6-8-15(25)10-14;2*1-10-6-13(24-15-8-14(21)22-9-23-15)18(28)26-16(10)17(27)25-19(26,2)11-4-3-5-12(20)7-11;1-8-6-11(16)14(21)19-12(8)13(20)18-15(19,2)9-4-3-5-10(17)7-9;1-9(2,3)15-8(14)13-7-4-6(10)11-5-12-7;1-6(10)7-3-2-4-8(9)5-7;1-3-2-4(8)7(12)10-5(3)6(9)11/h6-12H,1-5H3,(H,30,32)(H2,26,27,28,29,34);2*3-9H,1-2H3,(H,25,27)(H3,21,22,23,24);3-7H,1-2H3,(H,18,20);4-5H,1-3H3,(H3,10,11,12,13,14);2-5H,1H3;2H,1H3,(H2,9,11)(H,10,12). The van der Waals surface area contributed by atoms with Crippen molar-refractivity contribution < 1.29 is 69.8 Å². The van der Waals surface area contributed by atoms with Gasteiger partial charge in [0.2, 0.25) is 0 Å². The van der Waals surface area contributed by atoms with Crippen molar-refractivity contribution in [3.63, 3.8) is 0 Å². The molecule has 0 aliphatic carbocycles. The quantitative estimate of drug-likeness (QED) is 0.0355. The van der Waals surface area contributed by atoms with Gasteiger partial charge in [-0.05, 0) is 261 Å². The third-order valence-electron chi connectivity index (χ3n) is 22.6. The van der Waals surface area contributed by atoms with E-state index in [1.54, 1.807) is 165 Å². The van der Waals surface area contributed by atoms with Gasteiger partial charge in [-0.1, -0.05) is 60.7 Å². The summed E-state index contributed by atoms with van der Waals surface area (Å²) < 4.78 is 83.8. The van der Waals surface area contributed by atoms with E-state index in [4.69, 9.17) is 32.4 Å². The summed E-state index contributed by atoms with van der Waals surface area (Å²) in [5.41, 5.74) is 20.4. The van der Waals surface area contributed by atoms with Crippen molar-refractivity contribution in [3.8, 4) is 0 Å². The van der Waals surface area contributed by atoms with E-state index in [1.165, 1.54) is 166 Å². The topological polar surface area (TPSA) is 591 Å². The Hall–Kier alpha value is -17.9. The molecule has 149 heavy (non-hydrogen) atoms. The van der Waals surface area contributed by atoms with Crippen LogP contribution in [0, 0.1) is 63.7 Å². The van der Waals surface area contributed by atoms with Gasteiger partial charge in [0.05, 0.1) is 8.95 Å². The summed E-state index contributed by atoms with van der Waals surface area (Å²) in [6.07, 6.45) is 3.78. The van der Waals surface area contributed by atoms with Crippen molar-refractivity contribution >= 4 is 143 Å². The molecule has 4 aliphatic heterocycles. The molecule has 13 heterocycles. The molecule has 5 aromatic carbocycles. The molecular formula is C101H99Br2F5N26O15. The highest BCUT2D eigenvalue weighted by molar-refractivity contribution is 9.10. The number of anilines is 11. The summed E-state index contributed by atoms with van der Waals surface area (Å²) in [7, 11) is 0. The van der Waals surface area contributed by atoms with E-state index in [2.05, 4.69) is 125 Å². The van der Waals surface area contributed by atoms with Gasteiger partial charge in [-0.15, -0.1) is 0 Å². The highest BCUT2D eigenvalue weighted by Gasteiger charge is 2.48. The van der Waals surface area contributed by atoms with E-state index in [9.17, 15) is 84.3 Å². The second-order valence-electron chi connectivity index (χ2n) is 36.3. The molecule has 0 radical (unpaired) electrons. The smallest absolute Gasteiger partial charge is 0.413 e. The van der Waals surface area contributed by atoms with Crippen molar-refractivity contribution in [1.82, 2.24) is 84.4 Å². The number of carbonyl (C=O) groups excluding carboxylic acids is 8. The Morgan fingerprint density at radius 1 is 0.362 bits per heavy atom. The number of primary amides is 1. The lowest BCUT2D eigenvalue weighted by atomic mass is 10.0. The molecule has 9 aromatic heterocycles. The molecule has 18 rings (SSSR count). The molecule has 0 spiro atoms. The molecule has 48 heteroatoms. The number of nitrogens with one attached hydrogen (secondary N) is 10. The van der Waals surface area contributed by atoms with Crippen molar-refractivity contribution in [2.75, 3.05) is 43.8 Å². The maximum absolute atomic E-state index is 14.0. The second-order valence-corrected chi connectivity index (χ2v) is 38.0. The number of benzene rings is 5. The number of aromatic amines is 1. The van der Waals surface area contributed by atoms with Crippen LogP contribution in [-0.2, 0) is 32.1 Å². The molecule has 0 saturated heterocycles. The molecule has 4 atom stereocenters. The number of aromatic nitrogens is 13. The van der Waals surface area contributed by atoms with Gasteiger partial charge in [-0.3, -0.25) is 81.6 Å². The fourth-order valence-electron chi connectivity index (χ4n) is 16.0. The third kappa shape index (κ3) is 25.4. The first kappa shape index (κ1) is 110. The fraction of sp³-hybridized carbons (Fsp3) is 0.218. The van der Waals surface area contributed by atoms with Crippen LogP contribution < -0.4 is 98.6 Å². The summed E-state index contributed by atoms with van der Waals surface area (Å²) in [5.74, 6) is -2.36. The zero-order chi connectivity index (χ0) is 109. The number of aryl methyl sites for hydroxylation is 5. The first-order chi connectivity index (χ1) is 69.9. The summed E-state index contributed by atoms with van der Waals surface area (Å²) in [4.78, 5) is 192. The Kier molecular flexibility index (Phi) is 32.7. The number of rotatable bonds is 14. The lowest BCUT2D eigenvalue weighted by Gasteiger charge is -2.28. The monoisotopic (exact) mass is 2170 g/mol. The Morgan fingerprint density at radius 3 is 0.933 bits per heavy atom. The fourth-order valence-corrected chi connectivity index (χ4v) is 16.9. The average molecular weight is 2170 g/mol. The Bertz CT molecular complexity index is 7850. The number of hydrogen-bond acceptors (Lipinski definition) is 29. The predicted octanol–water partition coefficient (Wildman–Crippen LogP) is 13.9. The minimum absolute atomic E-state index is 0.112. The van der Waals surface area contributed by atoms with E-state index in [0.717, 1.165) is 0 Å². The highest BCUT2D eigenvalue weighted by atomic mass is 79.9. The zero-order valence-corrected chi connectivity index (χ0v) is 85.7. The third-order valence-corrected chi connectivity index (χ3v) is 23.8. The van der Waals surface area contributed by atoms with E-state index in [0.29, 0.717) is 87.7 Å². The molecular weight excluding hydrogens is 2070 g/mol. The number of pyridine rings is 5. The SMILES string of the molecule is CC(=O)c1cccc(F)c1.CC(C)(C)OC(=O)Nc1cc(N)ncn1.Cc1cc(Br)c(=O)[nH]c1C(N)=O.Cc1cc(Br)c(=O)n2c1C(=O)NC2(C)c1cccc(F)c1.Cc1cc(Nc2cc(N)ncn2)c(=O)n2c1C(=O)NC2(C)c1cccc(F)c1.Cc1cc(Nc2cc(N)ncn2)c(=O)n2c1C(=O)NC2(C)c1cccc(F)c1.Cc1cc(Nc2cc(NC(=O)OC(C)(C)C)ncn2)c(=O)n2c1C(=O)NC2(C)c1cccc(F)c1. The van der Waals surface area contributed by atoms with Gasteiger partial charge in [0.25, 0.3) is 57.3 Å². The first-order valence-electron chi connectivity index (χ1n) is 44.8. The Labute approximate surface area is 861 Å². The molecule has 41 nitrogen and oxygen atoms in total. The number of H-pyrrole nitrogens is 1. The molecule has 7 amide bonds. The largest absolute Gasteiger partial charge is 0.444 e.